The largest absolute Gasteiger partial charge is 0.383 e. The van der Waals surface area contributed by atoms with Crippen LogP contribution >= 0.6 is 10.7 Å². The summed E-state index contributed by atoms with van der Waals surface area (Å²) in [5.74, 6) is 0.566. The highest BCUT2D eigenvalue weighted by Crippen LogP contribution is 2.15. The molecule has 1 heterocycles. The molecule has 0 aliphatic carbocycles. The Morgan fingerprint density at radius 2 is 2.05 bits per heavy atom. The molecule has 0 unspecified atom stereocenters. The summed E-state index contributed by atoms with van der Waals surface area (Å²) in [5, 5.41) is 7.27. The zero-order valence-electron chi connectivity index (χ0n) is 11.0. The Morgan fingerprint density at radius 3 is 2.63 bits per heavy atom. The molecular formula is C10H18ClN3O4S. The molecule has 19 heavy (non-hydrogen) atoms. The molecule has 9 heteroatoms. The molecular weight excluding hydrogens is 294 g/mol. The fourth-order valence-corrected chi connectivity index (χ4v) is 2.51. The molecule has 110 valence electrons. The highest BCUT2D eigenvalue weighted by Gasteiger charge is 2.22. The normalized spacial score (nSPS) is 11.9. The van der Waals surface area contributed by atoms with Crippen LogP contribution < -0.4 is 0 Å². The molecule has 0 atom stereocenters. The fraction of sp³-hybridized carbons (Fsp3) is 0.800. The first kappa shape index (κ1) is 16.4. The molecule has 0 fully saturated rings. The minimum atomic E-state index is -3.90. The minimum absolute atomic E-state index is 0.238. The van der Waals surface area contributed by atoms with Crippen molar-refractivity contribution in [3.05, 3.63) is 5.82 Å². The first-order valence-corrected chi connectivity index (χ1v) is 8.25. The van der Waals surface area contributed by atoms with Crippen molar-refractivity contribution < 1.29 is 17.9 Å². The summed E-state index contributed by atoms with van der Waals surface area (Å²) in [5.41, 5.74) is 0. The lowest BCUT2D eigenvalue weighted by atomic mass is 10.3. The van der Waals surface area contributed by atoms with Gasteiger partial charge in [-0.3, -0.25) is 4.57 Å². The number of nitrogens with zero attached hydrogens (tertiary/aromatic N) is 3. The molecule has 0 saturated carbocycles. The predicted molar refractivity (Wildman–Crippen MR) is 69.8 cm³/mol. The standard InChI is InChI=1S/C10H18ClN3O4S/c1-3-18-7-4-5-9-12-13-10(19(11,15)16)14(9)6-8-17-2/h3-8H2,1-2H3. The highest BCUT2D eigenvalue weighted by atomic mass is 35.7. The molecule has 1 rings (SSSR count). The molecule has 0 aromatic carbocycles. The topological polar surface area (TPSA) is 83.3 Å². The zero-order chi connectivity index (χ0) is 14.3. The van der Waals surface area contributed by atoms with E-state index in [1.165, 1.54) is 11.7 Å². The summed E-state index contributed by atoms with van der Waals surface area (Å²) in [4.78, 5) is 0. The van der Waals surface area contributed by atoms with E-state index in [9.17, 15) is 8.42 Å². The van der Waals surface area contributed by atoms with E-state index in [0.29, 0.717) is 38.6 Å². The molecule has 7 nitrogen and oxygen atoms in total. The van der Waals surface area contributed by atoms with E-state index in [0.717, 1.165) is 6.42 Å². The molecule has 1 aromatic heterocycles. The van der Waals surface area contributed by atoms with Crippen LogP contribution in [0.4, 0.5) is 0 Å². The monoisotopic (exact) mass is 311 g/mol. The summed E-state index contributed by atoms with van der Waals surface area (Å²) in [6.07, 6.45) is 1.31. The summed E-state index contributed by atoms with van der Waals surface area (Å²) in [6.45, 7) is 3.86. The molecule has 0 saturated heterocycles. The van der Waals surface area contributed by atoms with Crippen molar-refractivity contribution in [2.75, 3.05) is 26.9 Å². The smallest absolute Gasteiger partial charge is 0.296 e. The maximum atomic E-state index is 11.4. The van der Waals surface area contributed by atoms with Crippen LogP contribution in [0.3, 0.4) is 0 Å². The van der Waals surface area contributed by atoms with Gasteiger partial charge in [-0.15, -0.1) is 10.2 Å². The average molecular weight is 312 g/mol. The molecule has 0 radical (unpaired) electrons. The molecule has 0 spiro atoms. The fourth-order valence-electron chi connectivity index (χ4n) is 1.57. The molecule has 1 aromatic rings. The van der Waals surface area contributed by atoms with Gasteiger partial charge in [0, 0.05) is 44.0 Å². The Kier molecular flexibility index (Phi) is 6.70. The summed E-state index contributed by atoms with van der Waals surface area (Å²) >= 11 is 0. The van der Waals surface area contributed by atoms with E-state index in [2.05, 4.69) is 10.2 Å². The third-order valence-electron chi connectivity index (χ3n) is 2.42. The van der Waals surface area contributed by atoms with Gasteiger partial charge in [0.25, 0.3) is 14.2 Å². The second-order valence-electron chi connectivity index (χ2n) is 3.78. The van der Waals surface area contributed by atoms with E-state index < -0.39 is 9.05 Å². The van der Waals surface area contributed by atoms with Crippen LogP contribution in [0.5, 0.6) is 0 Å². The average Bonchev–Trinajstić information content (AvgIpc) is 2.75. The van der Waals surface area contributed by atoms with E-state index in [1.807, 2.05) is 6.92 Å². The number of rotatable bonds is 9. The van der Waals surface area contributed by atoms with Crippen LogP contribution in [0.25, 0.3) is 0 Å². The lowest BCUT2D eigenvalue weighted by Gasteiger charge is -2.08. The van der Waals surface area contributed by atoms with Crippen LogP contribution in [0.1, 0.15) is 19.2 Å². The lowest BCUT2D eigenvalue weighted by Crippen LogP contribution is -2.13. The van der Waals surface area contributed by atoms with Gasteiger partial charge in [-0.1, -0.05) is 0 Å². The van der Waals surface area contributed by atoms with Gasteiger partial charge in [0.05, 0.1) is 6.61 Å². The van der Waals surface area contributed by atoms with Crippen molar-refractivity contribution in [2.24, 2.45) is 0 Å². The van der Waals surface area contributed by atoms with Gasteiger partial charge >= 0.3 is 0 Å². The van der Waals surface area contributed by atoms with Gasteiger partial charge < -0.3 is 9.47 Å². The maximum Gasteiger partial charge on any atom is 0.296 e. The number of aryl methyl sites for hydroxylation is 1. The Morgan fingerprint density at radius 1 is 1.32 bits per heavy atom. The highest BCUT2D eigenvalue weighted by molar-refractivity contribution is 8.13. The van der Waals surface area contributed by atoms with E-state index in [4.69, 9.17) is 20.2 Å². The van der Waals surface area contributed by atoms with Gasteiger partial charge in [-0.25, -0.2) is 8.42 Å². The second kappa shape index (κ2) is 7.78. The predicted octanol–water partition coefficient (Wildman–Crippen LogP) is 0.821. The van der Waals surface area contributed by atoms with Crippen molar-refractivity contribution in [2.45, 2.75) is 31.5 Å². The maximum absolute atomic E-state index is 11.4. The number of methoxy groups -OCH3 is 1. The van der Waals surface area contributed by atoms with Crippen LogP contribution in [-0.2, 0) is 31.5 Å². The number of hydrogen-bond acceptors (Lipinski definition) is 6. The van der Waals surface area contributed by atoms with Gasteiger partial charge in [0.1, 0.15) is 5.82 Å². The summed E-state index contributed by atoms with van der Waals surface area (Å²) < 4.78 is 34.4. The number of hydrogen-bond donors (Lipinski definition) is 0. The van der Waals surface area contributed by atoms with E-state index in [1.54, 1.807) is 0 Å². The van der Waals surface area contributed by atoms with Crippen molar-refractivity contribution in [3.63, 3.8) is 0 Å². The SMILES string of the molecule is CCOCCCc1nnc(S(=O)(=O)Cl)n1CCOC. The molecule has 0 bridgehead atoms. The van der Waals surface area contributed by atoms with Crippen molar-refractivity contribution >= 4 is 19.7 Å². The number of halogens is 1. The zero-order valence-corrected chi connectivity index (χ0v) is 12.6. The molecule has 0 N–H and O–H groups in total. The lowest BCUT2D eigenvalue weighted by molar-refractivity contribution is 0.144. The van der Waals surface area contributed by atoms with Crippen molar-refractivity contribution in [1.29, 1.82) is 0 Å². The Bertz CT molecular complexity index is 489. The van der Waals surface area contributed by atoms with Crippen LogP contribution in [0, 0.1) is 0 Å². The van der Waals surface area contributed by atoms with Gasteiger partial charge in [-0.2, -0.15) is 0 Å². The Hall–Kier alpha value is -0.700. The molecule has 0 aliphatic heterocycles. The van der Waals surface area contributed by atoms with Crippen LogP contribution in [0.15, 0.2) is 5.16 Å². The summed E-state index contributed by atoms with van der Waals surface area (Å²) in [6, 6.07) is 0. The van der Waals surface area contributed by atoms with Crippen molar-refractivity contribution in [1.82, 2.24) is 14.8 Å². The third kappa shape index (κ3) is 5.06. The quantitative estimate of drug-likeness (QED) is 0.496. The number of ether oxygens (including phenoxy) is 2. The second-order valence-corrected chi connectivity index (χ2v) is 6.24. The number of aromatic nitrogens is 3. The third-order valence-corrected chi connectivity index (χ3v) is 3.58. The Balaban J connectivity index is 2.82. The summed E-state index contributed by atoms with van der Waals surface area (Å²) in [7, 11) is 2.96. The van der Waals surface area contributed by atoms with Gasteiger partial charge in [0.2, 0.25) is 0 Å². The van der Waals surface area contributed by atoms with Crippen molar-refractivity contribution in [3.8, 4) is 0 Å². The molecule has 0 amide bonds. The van der Waals surface area contributed by atoms with Gasteiger partial charge in [-0.05, 0) is 13.3 Å². The van der Waals surface area contributed by atoms with E-state index in [-0.39, 0.29) is 5.16 Å². The Labute approximate surface area is 117 Å². The first-order valence-electron chi connectivity index (χ1n) is 5.94. The first-order chi connectivity index (χ1) is 9.00. The molecule has 0 aliphatic rings. The van der Waals surface area contributed by atoms with Crippen LogP contribution in [-0.4, -0.2) is 50.1 Å². The van der Waals surface area contributed by atoms with E-state index >= 15 is 0 Å². The van der Waals surface area contributed by atoms with Gasteiger partial charge in [0.15, 0.2) is 0 Å². The van der Waals surface area contributed by atoms with Crippen LogP contribution in [0.2, 0.25) is 0 Å². The minimum Gasteiger partial charge on any atom is -0.383 e.